The number of para-hydroxylation sites is 1. The Kier molecular flexibility index (Phi) is 5.90. The minimum atomic E-state index is -1.08. The molecule has 7 nitrogen and oxygen atoms in total. The van der Waals surface area contributed by atoms with Gasteiger partial charge in [-0.25, -0.2) is 9.97 Å². The van der Waals surface area contributed by atoms with Crippen LogP contribution in [0.4, 0.5) is 5.69 Å². The molecule has 0 aliphatic rings. The summed E-state index contributed by atoms with van der Waals surface area (Å²) < 4.78 is 0. The van der Waals surface area contributed by atoms with Crippen molar-refractivity contribution in [2.45, 2.75) is 19.8 Å². The van der Waals surface area contributed by atoms with Gasteiger partial charge in [0.1, 0.15) is 0 Å². The Morgan fingerprint density at radius 2 is 1.90 bits per heavy atom. The average Bonchev–Trinajstić information content (AvgIpc) is 3.15. The van der Waals surface area contributed by atoms with Crippen molar-refractivity contribution < 1.29 is 9.72 Å². The van der Waals surface area contributed by atoms with Crippen LogP contribution in [0.1, 0.15) is 28.0 Å². The Hall–Kier alpha value is -3.70. The van der Waals surface area contributed by atoms with E-state index in [0.29, 0.717) is 17.0 Å². The molecule has 0 saturated carbocycles. The molecular formula is C21H16N4O3S. The quantitative estimate of drug-likeness (QED) is 0.337. The Morgan fingerprint density at radius 3 is 2.55 bits per heavy atom. The summed E-state index contributed by atoms with van der Waals surface area (Å²) >= 11 is 1.32. The number of benzene rings is 1. The summed E-state index contributed by atoms with van der Waals surface area (Å²) in [6, 6.07) is 13.8. The summed E-state index contributed by atoms with van der Waals surface area (Å²) in [6.45, 7) is 3.56. The molecule has 2 aromatic heterocycles. The van der Waals surface area contributed by atoms with E-state index in [1.54, 1.807) is 56.3 Å². The van der Waals surface area contributed by atoms with Gasteiger partial charge in [-0.15, -0.1) is 11.3 Å². The number of hydrogen-bond acceptors (Lipinski definition) is 7. The van der Waals surface area contributed by atoms with E-state index in [2.05, 4.69) is 9.97 Å². The molecule has 0 amide bonds. The summed E-state index contributed by atoms with van der Waals surface area (Å²) in [6.07, 6.45) is 2.92. The van der Waals surface area contributed by atoms with E-state index in [0.717, 1.165) is 9.75 Å². The molecule has 0 bridgehead atoms. The largest absolute Gasteiger partial charge is 0.293 e. The molecule has 2 heterocycles. The van der Waals surface area contributed by atoms with Crippen LogP contribution in [0.5, 0.6) is 0 Å². The van der Waals surface area contributed by atoms with Crippen molar-refractivity contribution in [1.82, 2.24) is 9.97 Å². The molecule has 0 saturated heterocycles. The SMILES string of the molecule is Cc1cc(C)nc(C(C#N)C(=O)/C=C/c2ccc(-c3ccccc3[N+](=O)[O-])s2)n1. The van der Waals surface area contributed by atoms with Crippen LogP contribution in [-0.2, 0) is 4.79 Å². The fourth-order valence-corrected chi connectivity index (χ4v) is 3.76. The first kappa shape index (κ1) is 20.0. The number of nitro benzene ring substituents is 1. The molecule has 144 valence electrons. The number of nitriles is 1. The van der Waals surface area contributed by atoms with Crippen LogP contribution < -0.4 is 0 Å². The first-order chi connectivity index (χ1) is 13.9. The van der Waals surface area contributed by atoms with Crippen LogP contribution in [0.3, 0.4) is 0 Å². The van der Waals surface area contributed by atoms with Crippen LogP contribution in [-0.4, -0.2) is 20.7 Å². The van der Waals surface area contributed by atoms with Crippen molar-refractivity contribution >= 4 is 28.9 Å². The van der Waals surface area contributed by atoms with E-state index in [-0.39, 0.29) is 11.5 Å². The van der Waals surface area contributed by atoms with E-state index in [4.69, 9.17) is 0 Å². The molecule has 0 radical (unpaired) electrons. The lowest BCUT2D eigenvalue weighted by molar-refractivity contribution is -0.384. The third kappa shape index (κ3) is 4.59. The lowest BCUT2D eigenvalue weighted by Gasteiger charge is -2.06. The smallest absolute Gasteiger partial charge is 0.278 e. The summed E-state index contributed by atoms with van der Waals surface area (Å²) in [7, 11) is 0. The Morgan fingerprint density at radius 1 is 1.21 bits per heavy atom. The van der Waals surface area contributed by atoms with Crippen LogP contribution in [0, 0.1) is 35.3 Å². The second-order valence-corrected chi connectivity index (χ2v) is 7.40. The van der Waals surface area contributed by atoms with Crippen molar-refractivity contribution in [1.29, 1.82) is 5.26 Å². The lowest BCUT2D eigenvalue weighted by atomic mass is 10.0. The molecular weight excluding hydrogens is 388 g/mol. The molecule has 0 spiro atoms. The molecule has 0 aliphatic heterocycles. The zero-order chi connectivity index (χ0) is 21.0. The van der Waals surface area contributed by atoms with Gasteiger partial charge in [0.05, 0.1) is 16.6 Å². The Bertz CT molecular complexity index is 1140. The predicted octanol–water partition coefficient (Wildman–Crippen LogP) is 4.62. The monoisotopic (exact) mass is 404 g/mol. The second kappa shape index (κ2) is 8.54. The van der Waals surface area contributed by atoms with Gasteiger partial charge in [-0.05, 0) is 50.3 Å². The van der Waals surface area contributed by atoms with Gasteiger partial charge in [0, 0.05) is 27.2 Å². The molecule has 0 aliphatic carbocycles. The maximum absolute atomic E-state index is 12.5. The van der Waals surface area contributed by atoms with E-state index in [1.165, 1.54) is 23.5 Å². The summed E-state index contributed by atoms with van der Waals surface area (Å²) in [4.78, 5) is 33.2. The van der Waals surface area contributed by atoms with Gasteiger partial charge in [0.25, 0.3) is 5.69 Å². The topological polar surface area (TPSA) is 110 Å². The molecule has 0 fully saturated rings. The third-order valence-corrected chi connectivity index (χ3v) is 5.16. The van der Waals surface area contributed by atoms with Crippen LogP contribution >= 0.6 is 11.3 Å². The molecule has 29 heavy (non-hydrogen) atoms. The number of nitro groups is 1. The number of rotatable bonds is 6. The number of carbonyl (C=O) groups is 1. The number of allylic oxidation sites excluding steroid dienone is 1. The molecule has 3 aromatic rings. The highest BCUT2D eigenvalue weighted by Crippen LogP contribution is 2.35. The highest BCUT2D eigenvalue weighted by molar-refractivity contribution is 7.16. The molecule has 3 rings (SSSR count). The Balaban J connectivity index is 1.83. The summed E-state index contributed by atoms with van der Waals surface area (Å²) in [5.41, 5.74) is 1.93. The minimum Gasteiger partial charge on any atom is -0.293 e. The van der Waals surface area contributed by atoms with Crippen LogP contribution in [0.15, 0.2) is 48.5 Å². The molecule has 1 unspecified atom stereocenters. The normalized spacial score (nSPS) is 11.9. The molecule has 8 heteroatoms. The van der Waals surface area contributed by atoms with Crippen molar-refractivity contribution in [3.63, 3.8) is 0 Å². The van der Waals surface area contributed by atoms with Gasteiger partial charge < -0.3 is 0 Å². The van der Waals surface area contributed by atoms with Gasteiger partial charge in [-0.2, -0.15) is 5.26 Å². The second-order valence-electron chi connectivity index (χ2n) is 6.28. The van der Waals surface area contributed by atoms with Crippen LogP contribution in [0.2, 0.25) is 0 Å². The van der Waals surface area contributed by atoms with E-state index in [9.17, 15) is 20.2 Å². The lowest BCUT2D eigenvalue weighted by Crippen LogP contribution is -2.13. The van der Waals surface area contributed by atoms with Gasteiger partial charge >= 0.3 is 0 Å². The molecule has 1 aromatic carbocycles. The number of thiophene rings is 1. The van der Waals surface area contributed by atoms with Gasteiger partial charge in [-0.3, -0.25) is 14.9 Å². The summed E-state index contributed by atoms with van der Waals surface area (Å²) in [5, 5.41) is 20.6. The van der Waals surface area contributed by atoms with Crippen molar-refractivity contribution in [2.24, 2.45) is 0 Å². The minimum absolute atomic E-state index is 0.0254. The van der Waals surface area contributed by atoms with E-state index >= 15 is 0 Å². The highest BCUT2D eigenvalue weighted by atomic mass is 32.1. The van der Waals surface area contributed by atoms with Gasteiger partial charge in [-0.1, -0.05) is 12.1 Å². The molecule has 0 N–H and O–H groups in total. The Labute approximate surface area is 171 Å². The standard InChI is InChI=1S/C21H16N4O3S/c1-13-11-14(2)24-21(23-13)17(12-22)19(26)9-7-15-8-10-20(29-15)16-5-3-4-6-18(16)25(27)28/h3-11,17H,1-2H3/b9-7+. The fraction of sp³-hybridized carbons (Fsp3) is 0.143. The van der Waals surface area contributed by atoms with Crippen molar-refractivity contribution in [2.75, 3.05) is 0 Å². The van der Waals surface area contributed by atoms with Crippen molar-refractivity contribution in [3.8, 4) is 16.5 Å². The van der Waals surface area contributed by atoms with E-state index < -0.39 is 16.6 Å². The maximum atomic E-state index is 12.5. The van der Waals surface area contributed by atoms with Gasteiger partial charge in [0.2, 0.25) is 0 Å². The highest BCUT2D eigenvalue weighted by Gasteiger charge is 2.22. The predicted molar refractivity (Wildman–Crippen MR) is 110 cm³/mol. The van der Waals surface area contributed by atoms with Gasteiger partial charge in [0.15, 0.2) is 17.5 Å². The van der Waals surface area contributed by atoms with E-state index in [1.807, 2.05) is 6.07 Å². The zero-order valence-electron chi connectivity index (χ0n) is 15.7. The number of nitrogens with zero attached hydrogens (tertiary/aromatic N) is 4. The van der Waals surface area contributed by atoms with Crippen LogP contribution in [0.25, 0.3) is 16.5 Å². The number of ketones is 1. The van der Waals surface area contributed by atoms with Crippen molar-refractivity contribution in [3.05, 3.63) is 80.7 Å². The molecule has 1 atom stereocenters. The number of aryl methyl sites for hydroxylation is 2. The number of carbonyl (C=O) groups excluding carboxylic acids is 1. The fourth-order valence-electron chi connectivity index (χ4n) is 2.82. The maximum Gasteiger partial charge on any atom is 0.278 e. The summed E-state index contributed by atoms with van der Waals surface area (Å²) in [5.74, 6) is -1.32. The number of aromatic nitrogens is 2. The first-order valence-corrected chi connectivity index (χ1v) is 9.48. The average molecular weight is 404 g/mol. The first-order valence-electron chi connectivity index (χ1n) is 8.66. The third-order valence-electron chi connectivity index (χ3n) is 4.08. The number of hydrogen-bond donors (Lipinski definition) is 0. The zero-order valence-corrected chi connectivity index (χ0v) is 16.5.